The zero-order valence-electron chi connectivity index (χ0n) is 24.4. The third-order valence-corrected chi connectivity index (χ3v) is 8.86. The van der Waals surface area contributed by atoms with Crippen LogP contribution in [0, 0.1) is 5.92 Å². The van der Waals surface area contributed by atoms with Crippen LogP contribution in [0.2, 0.25) is 5.02 Å². The second-order valence-electron chi connectivity index (χ2n) is 11.2. The van der Waals surface area contributed by atoms with Gasteiger partial charge in [-0.2, -0.15) is 0 Å². The van der Waals surface area contributed by atoms with Gasteiger partial charge in [-0.15, -0.1) is 0 Å². The van der Waals surface area contributed by atoms with E-state index in [-0.39, 0.29) is 36.6 Å². The summed E-state index contributed by atoms with van der Waals surface area (Å²) in [4.78, 5) is 27.6. The van der Waals surface area contributed by atoms with E-state index in [1.807, 2.05) is 65.6 Å². The average molecular weight is 592 g/mol. The fourth-order valence-electron chi connectivity index (χ4n) is 6.58. The molecule has 1 N–H and O–H groups in total. The van der Waals surface area contributed by atoms with E-state index in [1.165, 1.54) is 0 Å². The maximum absolute atomic E-state index is 13.8. The van der Waals surface area contributed by atoms with E-state index in [9.17, 15) is 14.7 Å². The number of carbonyl (C=O) groups is 2. The molecule has 3 aromatic carbocycles. The number of piperidine rings is 1. The van der Waals surface area contributed by atoms with Crippen molar-refractivity contribution in [2.24, 2.45) is 5.92 Å². The van der Waals surface area contributed by atoms with Gasteiger partial charge in [-0.3, -0.25) is 9.59 Å². The number of hydrogen-bond donors (Lipinski definition) is 1. The predicted octanol–water partition coefficient (Wildman–Crippen LogP) is 6.33. The number of amides is 1. The molecule has 0 bridgehead atoms. The Kier molecular flexibility index (Phi) is 9.09. The minimum atomic E-state index is -1.47. The number of nitrogens with zero attached hydrogens (tertiary/aromatic N) is 1. The Morgan fingerprint density at radius 2 is 1.74 bits per heavy atom. The summed E-state index contributed by atoms with van der Waals surface area (Å²) >= 11 is 6.55. The number of rotatable bonds is 8. The van der Waals surface area contributed by atoms with Crippen molar-refractivity contribution >= 4 is 23.5 Å². The van der Waals surface area contributed by atoms with Gasteiger partial charge in [0.15, 0.2) is 11.5 Å². The summed E-state index contributed by atoms with van der Waals surface area (Å²) in [5.74, 6) is 0.723. The SMILES string of the molecule is CCOC(=O)CC1CCN(C(=O)CC2(O)CC(c3cccc(OC)c3OC)c3cc(Cl)ccc3-c3ccccc32)CC1. The average Bonchev–Trinajstić information content (AvgIpc) is 3.09. The van der Waals surface area contributed by atoms with Crippen LogP contribution in [-0.4, -0.2) is 55.8 Å². The topological polar surface area (TPSA) is 85.3 Å². The predicted molar refractivity (Wildman–Crippen MR) is 162 cm³/mol. The first-order valence-corrected chi connectivity index (χ1v) is 14.9. The molecule has 2 unspecified atom stereocenters. The number of methoxy groups -OCH3 is 2. The summed E-state index contributed by atoms with van der Waals surface area (Å²) in [5.41, 5.74) is 2.86. The number of benzene rings is 3. The number of fused-ring (bicyclic) bond motifs is 3. The Morgan fingerprint density at radius 1 is 0.976 bits per heavy atom. The first-order chi connectivity index (χ1) is 20.3. The molecular weight excluding hydrogens is 554 g/mol. The van der Waals surface area contributed by atoms with Gasteiger partial charge >= 0.3 is 5.97 Å². The van der Waals surface area contributed by atoms with E-state index in [2.05, 4.69) is 0 Å². The lowest BCUT2D eigenvalue weighted by Gasteiger charge is -2.36. The Hall–Kier alpha value is -3.55. The van der Waals surface area contributed by atoms with Crippen LogP contribution in [-0.2, 0) is 19.9 Å². The highest BCUT2D eigenvalue weighted by molar-refractivity contribution is 6.30. The monoisotopic (exact) mass is 591 g/mol. The molecule has 0 saturated carbocycles. The highest BCUT2D eigenvalue weighted by atomic mass is 35.5. The van der Waals surface area contributed by atoms with Crippen LogP contribution < -0.4 is 9.47 Å². The summed E-state index contributed by atoms with van der Waals surface area (Å²) in [5, 5.41) is 13.2. The molecule has 2 aliphatic rings. The van der Waals surface area contributed by atoms with Gasteiger partial charge in [-0.05, 0) is 72.6 Å². The van der Waals surface area contributed by atoms with Gasteiger partial charge < -0.3 is 24.2 Å². The fraction of sp³-hybridized carbons (Fsp3) is 0.412. The van der Waals surface area contributed by atoms with Crippen molar-refractivity contribution in [2.45, 2.75) is 50.5 Å². The van der Waals surface area contributed by atoms with Gasteiger partial charge in [0.2, 0.25) is 5.91 Å². The molecule has 1 fully saturated rings. The van der Waals surface area contributed by atoms with Crippen molar-refractivity contribution in [1.29, 1.82) is 0 Å². The zero-order valence-corrected chi connectivity index (χ0v) is 25.2. The first-order valence-electron chi connectivity index (χ1n) is 14.5. The van der Waals surface area contributed by atoms with Crippen LogP contribution in [0.5, 0.6) is 11.5 Å². The maximum atomic E-state index is 13.8. The summed E-state index contributed by atoms with van der Waals surface area (Å²) < 4.78 is 16.6. The van der Waals surface area contributed by atoms with Crippen molar-refractivity contribution in [3.63, 3.8) is 0 Å². The molecule has 2 atom stereocenters. The lowest BCUT2D eigenvalue weighted by atomic mass is 9.78. The molecule has 1 heterocycles. The van der Waals surface area contributed by atoms with Crippen molar-refractivity contribution in [1.82, 2.24) is 4.90 Å². The molecule has 1 aliphatic heterocycles. The number of carbonyl (C=O) groups excluding carboxylic acids is 2. The highest BCUT2D eigenvalue weighted by Gasteiger charge is 2.43. The number of ether oxygens (including phenoxy) is 3. The van der Waals surface area contributed by atoms with E-state index in [0.717, 1.165) is 35.1 Å². The summed E-state index contributed by atoms with van der Waals surface area (Å²) in [6.07, 6.45) is 2.00. The van der Waals surface area contributed by atoms with Gasteiger partial charge in [0.1, 0.15) is 0 Å². The van der Waals surface area contributed by atoms with Gasteiger partial charge in [0.25, 0.3) is 0 Å². The lowest BCUT2D eigenvalue weighted by Crippen LogP contribution is -2.43. The summed E-state index contributed by atoms with van der Waals surface area (Å²) in [7, 11) is 3.20. The second-order valence-corrected chi connectivity index (χ2v) is 11.6. The van der Waals surface area contributed by atoms with E-state index >= 15 is 0 Å². The normalized spacial score (nSPS) is 20.2. The number of esters is 1. The van der Waals surface area contributed by atoms with Crippen molar-refractivity contribution < 1.29 is 28.9 Å². The van der Waals surface area contributed by atoms with Gasteiger partial charge in [-0.25, -0.2) is 0 Å². The number of hydrogen-bond acceptors (Lipinski definition) is 6. The number of halogens is 1. The van der Waals surface area contributed by atoms with Crippen LogP contribution in [0.3, 0.4) is 0 Å². The number of likely N-dealkylation sites (tertiary alicyclic amines) is 1. The number of aliphatic hydroxyl groups is 1. The Labute approximate surface area is 252 Å². The van der Waals surface area contributed by atoms with Crippen molar-refractivity contribution in [3.8, 4) is 22.6 Å². The van der Waals surface area contributed by atoms with Crippen molar-refractivity contribution in [2.75, 3.05) is 33.9 Å². The third-order valence-electron chi connectivity index (χ3n) is 8.63. The summed E-state index contributed by atoms with van der Waals surface area (Å²) in [6.45, 7) is 3.26. The highest BCUT2D eigenvalue weighted by Crippen LogP contribution is 2.52. The van der Waals surface area contributed by atoms with Crippen LogP contribution in [0.1, 0.15) is 61.6 Å². The van der Waals surface area contributed by atoms with E-state index < -0.39 is 5.60 Å². The lowest BCUT2D eigenvalue weighted by molar-refractivity contribution is -0.144. The zero-order chi connectivity index (χ0) is 29.9. The molecule has 42 heavy (non-hydrogen) atoms. The molecule has 1 amide bonds. The largest absolute Gasteiger partial charge is 0.493 e. The molecule has 5 rings (SSSR count). The first kappa shape index (κ1) is 29.9. The molecule has 8 heteroatoms. The van der Waals surface area contributed by atoms with Crippen molar-refractivity contribution in [3.05, 3.63) is 82.4 Å². The molecule has 222 valence electrons. The van der Waals surface area contributed by atoms with E-state index in [0.29, 0.717) is 48.2 Å². The molecule has 1 saturated heterocycles. The molecule has 7 nitrogen and oxygen atoms in total. The Bertz CT molecular complexity index is 1450. The van der Waals surface area contributed by atoms with E-state index in [4.69, 9.17) is 25.8 Å². The second kappa shape index (κ2) is 12.8. The minimum absolute atomic E-state index is 0.0724. The third kappa shape index (κ3) is 5.99. The summed E-state index contributed by atoms with van der Waals surface area (Å²) in [6, 6.07) is 19.3. The maximum Gasteiger partial charge on any atom is 0.306 e. The molecule has 0 aromatic heterocycles. The van der Waals surface area contributed by atoms with Crippen LogP contribution >= 0.6 is 11.6 Å². The smallest absolute Gasteiger partial charge is 0.306 e. The molecular formula is C34H38ClNO6. The Balaban J connectivity index is 1.50. The minimum Gasteiger partial charge on any atom is -0.493 e. The van der Waals surface area contributed by atoms with Gasteiger partial charge in [-0.1, -0.05) is 54.1 Å². The quantitative estimate of drug-likeness (QED) is 0.308. The standard InChI is InChI=1S/C34H38ClNO6/c1-4-42-32(38)18-22-14-16-36(17-15-22)31(37)21-34(39)20-28(26-9-7-11-30(40-2)33(26)41-3)27-19-23(35)12-13-24(27)25-8-5-6-10-29(25)34/h5-13,19,22,28,39H,4,14-18,20-21H2,1-3H3. The number of para-hydroxylation sites is 1. The van der Waals surface area contributed by atoms with Crippen LogP contribution in [0.25, 0.3) is 11.1 Å². The molecule has 0 radical (unpaired) electrons. The Morgan fingerprint density at radius 3 is 2.45 bits per heavy atom. The van der Waals surface area contributed by atoms with Gasteiger partial charge in [0.05, 0.1) is 32.8 Å². The van der Waals surface area contributed by atoms with Gasteiger partial charge in [0, 0.05) is 36.0 Å². The van der Waals surface area contributed by atoms with Crippen LogP contribution in [0.15, 0.2) is 60.7 Å². The molecule has 1 aliphatic carbocycles. The van der Waals surface area contributed by atoms with E-state index in [1.54, 1.807) is 21.1 Å². The fourth-order valence-corrected chi connectivity index (χ4v) is 6.76. The molecule has 3 aromatic rings. The molecule has 0 spiro atoms. The van der Waals surface area contributed by atoms with Crippen LogP contribution in [0.4, 0.5) is 0 Å².